The third kappa shape index (κ3) is 3.05. The largest absolute Gasteiger partial charge is 0.300 e. The van der Waals surface area contributed by atoms with Gasteiger partial charge in [-0.3, -0.25) is 4.90 Å². The van der Waals surface area contributed by atoms with Gasteiger partial charge in [0.15, 0.2) is 0 Å². The molecule has 0 aromatic heterocycles. The molecule has 0 bridgehead atoms. The van der Waals surface area contributed by atoms with E-state index in [1.807, 2.05) is 0 Å². The number of piperidine rings is 1. The van der Waals surface area contributed by atoms with E-state index in [-0.39, 0.29) is 0 Å². The number of likely N-dealkylation sites (tertiary alicyclic amines) is 1. The van der Waals surface area contributed by atoms with Crippen molar-refractivity contribution in [3.05, 3.63) is 0 Å². The van der Waals surface area contributed by atoms with Crippen molar-refractivity contribution in [1.82, 2.24) is 4.90 Å². The van der Waals surface area contributed by atoms with Crippen LogP contribution in [-0.4, -0.2) is 24.0 Å². The number of rotatable bonds is 1. The first kappa shape index (κ1) is 13.4. The molecule has 17 heavy (non-hydrogen) atoms. The van der Waals surface area contributed by atoms with E-state index < -0.39 is 0 Å². The van der Waals surface area contributed by atoms with Gasteiger partial charge in [-0.2, -0.15) is 0 Å². The van der Waals surface area contributed by atoms with Crippen LogP contribution in [0.3, 0.4) is 0 Å². The van der Waals surface area contributed by atoms with Gasteiger partial charge in [0.25, 0.3) is 0 Å². The predicted molar refractivity (Wildman–Crippen MR) is 75.2 cm³/mol. The average Bonchev–Trinajstić information content (AvgIpc) is 2.20. The van der Waals surface area contributed by atoms with Gasteiger partial charge < -0.3 is 0 Å². The Morgan fingerprint density at radius 3 is 2.35 bits per heavy atom. The summed E-state index contributed by atoms with van der Waals surface area (Å²) in [4.78, 5) is 2.80. The lowest BCUT2D eigenvalue weighted by Crippen LogP contribution is -2.49. The molecule has 0 spiro atoms. The van der Waals surface area contributed by atoms with Crippen LogP contribution >= 0.6 is 0 Å². The molecule has 0 unspecified atom stereocenters. The highest BCUT2D eigenvalue weighted by molar-refractivity contribution is 4.91. The van der Waals surface area contributed by atoms with Gasteiger partial charge in [0.05, 0.1) is 0 Å². The maximum absolute atomic E-state index is 2.80. The lowest BCUT2D eigenvalue weighted by atomic mass is 9.67. The van der Waals surface area contributed by atoms with Gasteiger partial charge in [0.2, 0.25) is 0 Å². The lowest BCUT2D eigenvalue weighted by Gasteiger charge is -2.48. The minimum Gasteiger partial charge on any atom is -0.300 e. The summed E-state index contributed by atoms with van der Waals surface area (Å²) in [7, 11) is 0. The molecule has 1 heteroatoms. The lowest BCUT2D eigenvalue weighted by molar-refractivity contribution is 0.0134. The molecule has 2 fully saturated rings. The summed E-state index contributed by atoms with van der Waals surface area (Å²) in [5, 5.41) is 0. The molecule has 1 aliphatic carbocycles. The molecule has 2 atom stereocenters. The number of nitrogens with zero attached hydrogens (tertiary/aromatic N) is 1. The molecule has 1 nitrogen and oxygen atoms in total. The Morgan fingerprint density at radius 1 is 1.06 bits per heavy atom. The van der Waals surface area contributed by atoms with Crippen LogP contribution in [0.5, 0.6) is 0 Å². The van der Waals surface area contributed by atoms with Crippen molar-refractivity contribution in [2.45, 2.75) is 72.8 Å². The Hall–Kier alpha value is -0.0400. The van der Waals surface area contributed by atoms with Crippen LogP contribution in [0.1, 0.15) is 66.7 Å². The van der Waals surface area contributed by atoms with Crippen LogP contribution in [-0.2, 0) is 0 Å². The van der Waals surface area contributed by atoms with Crippen LogP contribution < -0.4 is 0 Å². The van der Waals surface area contributed by atoms with Crippen LogP contribution in [0.25, 0.3) is 0 Å². The molecule has 1 aliphatic heterocycles. The maximum Gasteiger partial charge on any atom is 0.0101 e. The Morgan fingerprint density at radius 2 is 1.76 bits per heavy atom. The van der Waals surface area contributed by atoms with E-state index in [0.29, 0.717) is 10.8 Å². The zero-order chi connectivity index (χ0) is 12.7. The quantitative estimate of drug-likeness (QED) is 0.656. The van der Waals surface area contributed by atoms with Crippen molar-refractivity contribution in [1.29, 1.82) is 0 Å². The van der Waals surface area contributed by atoms with Gasteiger partial charge in [-0.15, -0.1) is 0 Å². The molecular formula is C16H31N. The van der Waals surface area contributed by atoms with Gasteiger partial charge in [0.1, 0.15) is 0 Å². The normalized spacial score (nSPS) is 37.9. The van der Waals surface area contributed by atoms with Crippen molar-refractivity contribution in [3.63, 3.8) is 0 Å². The van der Waals surface area contributed by atoms with E-state index in [2.05, 4.69) is 39.5 Å². The van der Waals surface area contributed by atoms with Crippen LogP contribution in [0, 0.1) is 16.7 Å². The standard InChI is InChI=1S/C16H31N/c1-13-7-8-14(11-16(13,4)5)17-10-6-9-15(2,3)12-17/h13-14H,6-12H2,1-5H3/t13-,14+/m1/s1. The molecule has 2 aliphatic rings. The maximum atomic E-state index is 2.80. The van der Waals surface area contributed by atoms with E-state index in [9.17, 15) is 0 Å². The van der Waals surface area contributed by atoms with E-state index in [1.54, 1.807) is 0 Å². The van der Waals surface area contributed by atoms with Crippen LogP contribution in [0.4, 0.5) is 0 Å². The summed E-state index contributed by atoms with van der Waals surface area (Å²) in [5.41, 5.74) is 1.09. The second kappa shape index (κ2) is 4.57. The molecule has 0 radical (unpaired) electrons. The zero-order valence-corrected chi connectivity index (χ0v) is 12.6. The first-order chi connectivity index (χ1) is 7.80. The Labute approximate surface area is 108 Å². The summed E-state index contributed by atoms with van der Waals surface area (Å²) < 4.78 is 0. The summed E-state index contributed by atoms with van der Waals surface area (Å²) >= 11 is 0. The van der Waals surface area contributed by atoms with E-state index in [1.165, 1.54) is 45.2 Å². The Bertz CT molecular complexity index is 267. The molecule has 0 aromatic rings. The SMILES string of the molecule is C[C@@H]1CC[C@H](N2CCCC(C)(C)C2)CC1(C)C. The molecule has 1 heterocycles. The van der Waals surface area contributed by atoms with Gasteiger partial charge in [-0.25, -0.2) is 0 Å². The highest BCUT2D eigenvalue weighted by Gasteiger charge is 2.38. The van der Waals surface area contributed by atoms with Crippen LogP contribution in [0.2, 0.25) is 0 Å². The smallest absolute Gasteiger partial charge is 0.0101 e. The van der Waals surface area contributed by atoms with E-state index in [4.69, 9.17) is 0 Å². The highest BCUT2D eigenvalue weighted by Crippen LogP contribution is 2.43. The van der Waals surface area contributed by atoms with E-state index in [0.717, 1.165) is 12.0 Å². The molecule has 100 valence electrons. The summed E-state index contributed by atoms with van der Waals surface area (Å²) in [6, 6.07) is 0.862. The minimum absolute atomic E-state index is 0.546. The van der Waals surface area contributed by atoms with Crippen molar-refractivity contribution in [2.75, 3.05) is 13.1 Å². The van der Waals surface area contributed by atoms with E-state index >= 15 is 0 Å². The fourth-order valence-electron chi connectivity index (χ4n) is 3.84. The fourth-order valence-corrected chi connectivity index (χ4v) is 3.84. The topological polar surface area (TPSA) is 3.24 Å². The second-order valence-electron chi connectivity index (χ2n) is 8.06. The molecule has 1 saturated carbocycles. The summed E-state index contributed by atoms with van der Waals surface area (Å²) in [6.45, 7) is 14.9. The fraction of sp³-hybridized carbons (Fsp3) is 1.00. The van der Waals surface area contributed by atoms with Crippen LogP contribution in [0.15, 0.2) is 0 Å². The minimum atomic E-state index is 0.546. The number of hydrogen-bond acceptors (Lipinski definition) is 1. The third-order valence-corrected chi connectivity index (χ3v) is 5.48. The zero-order valence-electron chi connectivity index (χ0n) is 12.6. The predicted octanol–water partition coefficient (Wildman–Crippen LogP) is 4.32. The van der Waals surface area contributed by atoms with Crippen molar-refractivity contribution in [3.8, 4) is 0 Å². The molecule has 0 aromatic carbocycles. The van der Waals surface area contributed by atoms with Gasteiger partial charge >= 0.3 is 0 Å². The molecule has 0 amide bonds. The summed E-state index contributed by atoms with van der Waals surface area (Å²) in [6.07, 6.45) is 7.08. The molecule has 1 saturated heterocycles. The monoisotopic (exact) mass is 237 g/mol. The van der Waals surface area contributed by atoms with Crippen molar-refractivity contribution < 1.29 is 0 Å². The molecule has 2 rings (SSSR count). The average molecular weight is 237 g/mol. The van der Waals surface area contributed by atoms with Crippen molar-refractivity contribution >= 4 is 0 Å². The second-order valence-corrected chi connectivity index (χ2v) is 8.06. The third-order valence-electron chi connectivity index (χ3n) is 5.48. The molecule has 0 N–H and O–H groups in total. The Balaban J connectivity index is 1.99. The highest BCUT2D eigenvalue weighted by atomic mass is 15.2. The first-order valence-electron chi connectivity index (χ1n) is 7.54. The summed E-state index contributed by atoms with van der Waals surface area (Å²) in [5.74, 6) is 0.900. The van der Waals surface area contributed by atoms with Crippen molar-refractivity contribution in [2.24, 2.45) is 16.7 Å². The van der Waals surface area contributed by atoms with Gasteiger partial charge in [-0.05, 0) is 55.4 Å². The van der Waals surface area contributed by atoms with Gasteiger partial charge in [0, 0.05) is 12.6 Å². The number of hydrogen-bond donors (Lipinski definition) is 0. The molecular weight excluding hydrogens is 206 g/mol. The first-order valence-corrected chi connectivity index (χ1v) is 7.54. The van der Waals surface area contributed by atoms with Gasteiger partial charge in [-0.1, -0.05) is 34.6 Å². The Kier molecular flexibility index (Phi) is 3.60.